The molecule has 1 saturated heterocycles. The molecule has 0 atom stereocenters. The van der Waals surface area contributed by atoms with Crippen LogP contribution in [-0.4, -0.2) is 34.1 Å². The maximum atomic E-state index is 13.3. The Bertz CT molecular complexity index is 1040. The summed E-state index contributed by atoms with van der Waals surface area (Å²) in [5.41, 5.74) is 1.08. The van der Waals surface area contributed by atoms with Gasteiger partial charge >= 0.3 is 0 Å². The standard InChI is InChI=1S/C21H24ClN3O2S/c1-14-15(2)28-20-19(14)21(26)25(18(23-20)13-24-9-3-4-10-24)11-12-27-17-7-5-16(22)6-8-17/h5-8H,3-4,9-13H2,1-2H3. The van der Waals surface area contributed by atoms with Crippen LogP contribution in [0.15, 0.2) is 29.1 Å². The highest BCUT2D eigenvalue weighted by molar-refractivity contribution is 7.18. The van der Waals surface area contributed by atoms with Crippen molar-refractivity contribution in [3.8, 4) is 5.75 Å². The Kier molecular flexibility index (Phi) is 5.71. The van der Waals surface area contributed by atoms with Crippen LogP contribution in [0, 0.1) is 13.8 Å². The van der Waals surface area contributed by atoms with Crippen LogP contribution in [0.4, 0.5) is 0 Å². The van der Waals surface area contributed by atoms with E-state index < -0.39 is 0 Å². The highest BCUT2D eigenvalue weighted by Gasteiger charge is 2.20. The number of halogens is 1. The lowest BCUT2D eigenvalue weighted by atomic mass is 10.2. The molecule has 0 bridgehead atoms. The number of nitrogens with zero attached hydrogens (tertiary/aromatic N) is 3. The molecule has 1 aromatic carbocycles. The molecule has 0 aliphatic carbocycles. The quantitative estimate of drug-likeness (QED) is 0.596. The van der Waals surface area contributed by atoms with Crippen molar-refractivity contribution in [2.24, 2.45) is 0 Å². The van der Waals surface area contributed by atoms with Crippen LogP contribution in [0.1, 0.15) is 29.1 Å². The Labute approximate surface area is 173 Å². The molecule has 0 unspecified atom stereocenters. The number of hydrogen-bond donors (Lipinski definition) is 0. The second kappa shape index (κ2) is 8.23. The molecule has 3 heterocycles. The van der Waals surface area contributed by atoms with E-state index in [1.807, 2.05) is 19.1 Å². The molecule has 1 fully saturated rings. The van der Waals surface area contributed by atoms with Crippen LogP contribution in [0.25, 0.3) is 10.2 Å². The molecule has 4 rings (SSSR count). The second-order valence-electron chi connectivity index (χ2n) is 7.23. The normalized spacial score (nSPS) is 14.8. The van der Waals surface area contributed by atoms with E-state index in [0.717, 1.165) is 45.3 Å². The molecule has 0 amide bonds. The van der Waals surface area contributed by atoms with Crippen molar-refractivity contribution in [1.82, 2.24) is 14.5 Å². The van der Waals surface area contributed by atoms with Crippen LogP contribution in [0.5, 0.6) is 5.75 Å². The lowest BCUT2D eigenvalue weighted by Gasteiger charge is -2.18. The Morgan fingerprint density at radius 2 is 1.89 bits per heavy atom. The van der Waals surface area contributed by atoms with Crippen molar-refractivity contribution in [2.45, 2.75) is 39.8 Å². The van der Waals surface area contributed by atoms with Crippen molar-refractivity contribution in [2.75, 3.05) is 19.7 Å². The van der Waals surface area contributed by atoms with Crippen molar-refractivity contribution in [3.63, 3.8) is 0 Å². The third-order valence-electron chi connectivity index (χ3n) is 5.33. The van der Waals surface area contributed by atoms with Crippen LogP contribution >= 0.6 is 22.9 Å². The summed E-state index contributed by atoms with van der Waals surface area (Å²) in [4.78, 5) is 22.5. The van der Waals surface area contributed by atoms with Gasteiger partial charge in [-0.2, -0.15) is 0 Å². The fraction of sp³-hybridized carbons (Fsp3) is 0.429. The van der Waals surface area contributed by atoms with E-state index in [4.69, 9.17) is 21.3 Å². The topological polar surface area (TPSA) is 47.4 Å². The summed E-state index contributed by atoms with van der Waals surface area (Å²) in [6.45, 7) is 7.78. The Morgan fingerprint density at radius 1 is 1.18 bits per heavy atom. The number of benzene rings is 1. The first-order valence-electron chi connectivity index (χ1n) is 9.63. The largest absolute Gasteiger partial charge is 0.492 e. The fourth-order valence-electron chi connectivity index (χ4n) is 3.65. The van der Waals surface area contributed by atoms with E-state index in [-0.39, 0.29) is 5.56 Å². The summed E-state index contributed by atoms with van der Waals surface area (Å²) >= 11 is 7.53. The molecule has 0 spiro atoms. The van der Waals surface area contributed by atoms with E-state index in [9.17, 15) is 4.79 Å². The molecule has 28 heavy (non-hydrogen) atoms. The predicted molar refractivity (Wildman–Crippen MR) is 115 cm³/mol. The van der Waals surface area contributed by atoms with Gasteiger partial charge in [0, 0.05) is 9.90 Å². The average molecular weight is 418 g/mol. The van der Waals surface area contributed by atoms with Gasteiger partial charge in [0.15, 0.2) is 0 Å². The van der Waals surface area contributed by atoms with E-state index in [2.05, 4.69) is 11.8 Å². The summed E-state index contributed by atoms with van der Waals surface area (Å²) in [7, 11) is 0. The van der Waals surface area contributed by atoms with E-state index in [1.54, 1.807) is 28.0 Å². The number of hydrogen-bond acceptors (Lipinski definition) is 5. The number of ether oxygens (including phenoxy) is 1. The van der Waals surface area contributed by atoms with Crippen molar-refractivity contribution in [1.29, 1.82) is 0 Å². The molecule has 1 aliphatic rings. The third kappa shape index (κ3) is 3.95. The molecule has 0 radical (unpaired) electrons. The monoisotopic (exact) mass is 417 g/mol. The first-order chi connectivity index (χ1) is 13.5. The molecule has 148 valence electrons. The fourth-order valence-corrected chi connectivity index (χ4v) is 4.81. The van der Waals surface area contributed by atoms with Gasteiger partial charge in [-0.3, -0.25) is 14.3 Å². The highest BCUT2D eigenvalue weighted by atomic mass is 35.5. The number of thiophene rings is 1. The van der Waals surface area contributed by atoms with Gasteiger partial charge < -0.3 is 4.74 Å². The number of aromatic nitrogens is 2. The molecule has 0 N–H and O–H groups in total. The zero-order valence-corrected chi connectivity index (χ0v) is 17.8. The van der Waals surface area contributed by atoms with Crippen LogP contribution in [0.2, 0.25) is 5.02 Å². The SMILES string of the molecule is Cc1sc2nc(CN3CCCC3)n(CCOc3ccc(Cl)cc3)c(=O)c2c1C. The second-order valence-corrected chi connectivity index (χ2v) is 8.87. The van der Waals surface area contributed by atoms with Gasteiger partial charge in [0.1, 0.15) is 23.0 Å². The lowest BCUT2D eigenvalue weighted by molar-refractivity contribution is 0.279. The zero-order valence-electron chi connectivity index (χ0n) is 16.2. The van der Waals surface area contributed by atoms with Gasteiger partial charge in [-0.15, -0.1) is 11.3 Å². The molecule has 2 aromatic heterocycles. The van der Waals surface area contributed by atoms with Crippen molar-refractivity contribution < 1.29 is 4.74 Å². The summed E-state index contributed by atoms with van der Waals surface area (Å²) in [5, 5.41) is 1.42. The molecule has 0 saturated carbocycles. The molecular weight excluding hydrogens is 394 g/mol. The minimum absolute atomic E-state index is 0.0424. The molecule has 5 nitrogen and oxygen atoms in total. The number of rotatable bonds is 6. The van der Waals surface area contributed by atoms with Gasteiger partial charge in [-0.05, 0) is 69.6 Å². The van der Waals surface area contributed by atoms with E-state index in [1.165, 1.54) is 12.8 Å². The maximum absolute atomic E-state index is 13.3. The van der Waals surface area contributed by atoms with Gasteiger partial charge in [0.25, 0.3) is 5.56 Å². The Hall–Kier alpha value is -1.89. The van der Waals surface area contributed by atoms with Crippen molar-refractivity contribution in [3.05, 3.63) is 55.9 Å². The van der Waals surface area contributed by atoms with Gasteiger partial charge in [-0.1, -0.05) is 11.6 Å². The number of aryl methyl sites for hydroxylation is 2. The maximum Gasteiger partial charge on any atom is 0.262 e. The first kappa shape index (κ1) is 19.4. The summed E-state index contributed by atoms with van der Waals surface area (Å²) in [6.07, 6.45) is 2.42. The highest BCUT2D eigenvalue weighted by Crippen LogP contribution is 2.27. The number of likely N-dealkylation sites (tertiary alicyclic amines) is 1. The Morgan fingerprint density at radius 3 is 2.61 bits per heavy atom. The minimum Gasteiger partial charge on any atom is -0.492 e. The summed E-state index contributed by atoms with van der Waals surface area (Å²) in [5.74, 6) is 1.58. The predicted octanol–water partition coefficient (Wildman–Crippen LogP) is 4.40. The summed E-state index contributed by atoms with van der Waals surface area (Å²) < 4.78 is 7.64. The number of fused-ring (bicyclic) bond motifs is 1. The zero-order chi connectivity index (χ0) is 19.7. The molecule has 3 aromatic rings. The lowest BCUT2D eigenvalue weighted by Crippen LogP contribution is -2.31. The smallest absolute Gasteiger partial charge is 0.262 e. The van der Waals surface area contributed by atoms with Gasteiger partial charge in [0.2, 0.25) is 0 Å². The van der Waals surface area contributed by atoms with Gasteiger partial charge in [-0.25, -0.2) is 4.98 Å². The van der Waals surface area contributed by atoms with Crippen LogP contribution < -0.4 is 10.3 Å². The third-order valence-corrected chi connectivity index (χ3v) is 6.68. The molecule has 1 aliphatic heterocycles. The van der Waals surface area contributed by atoms with Crippen molar-refractivity contribution >= 4 is 33.2 Å². The van der Waals surface area contributed by atoms with E-state index in [0.29, 0.717) is 24.7 Å². The summed E-state index contributed by atoms with van der Waals surface area (Å²) in [6, 6.07) is 7.27. The average Bonchev–Trinajstić information content (AvgIpc) is 3.27. The van der Waals surface area contributed by atoms with Crippen LogP contribution in [0.3, 0.4) is 0 Å². The van der Waals surface area contributed by atoms with Gasteiger partial charge in [0.05, 0.1) is 18.5 Å². The Balaban J connectivity index is 1.63. The molecule has 7 heteroatoms. The minimum atomic E-state index is 0.0424. The van der Waals surface area contributed by atoms with E-state index >= 15 is 0 Å². The molecular formula is C21H24ClN3O2S. The van der Waals surface area contributed by atoms with Crippen LogP contribution in [-0.2, 0) is 13.1 Å². The first-order valence-corrected chi connectivity index (χ1v) is 10.8.